The molecule has 180 valence electrons. The fourth-order valence-corrected chi connectivity index (χ4v) is 5.02. The van der Waals surface area contributed by atoms with E-state index in [0.717, 1.165) is 40.6 Å². The number of aryl methyl sites for hydroxylation is 1. The number of nitrogens with zero attached hydrogens (tertiary/aromatic N) is 1. The highest BCUT2D eigenvalue weighted by molar-refractivity contribution is 14.1. The quantitative estimate of drug-likeness (QED) is 0.139. The largest absolute Gasteiger partial charge is 0.355 e. The van der Waals surface area contributed by atoms with Crippen LogP contribution in [0.3, 0.4) is 0 Å². The molecule has 0 aliphatic carbocycles. The first-order chi connectivity index (χ1) is 16.9. The lowest BCUT2D eigenvalue weighted by Gasteiger charge is -2.26. The van der Waals surface area contributed by atoms with Crippen LogP contribution in [0.1, 0.15) is 54.3 Å². The molecule has 1 unspecified atom stereocenters. The lowest BCUT2D eigenvalue weighted by atomic mass is 9.90. The molecule has 0 N–H and O–H groups in total. The molecule has 2 atom stereocenters. The summed E-state index contributed by atoms with van der Waals surface area (Å²) in [6.45, 7) is 4.17. The van der Waals surface area contributed by atoms with Gasteiger partial charge in [-0.1, -0.05) is 72.3 Å². The third kappa shape index (κ3) is 6.69. The minimum atomic E-state index is -0.366. The van der Waals surface area contributed by atoms with Crippen LogP contribution in [-0.4, -0.2) is 4.98 Å². The van der Waals surface area contributed by atoms with Crippen LogP contribution in [0.15, 0.2) is 78.9 Å². The molecule has 0 radical (unpaired) electrons. The van der Waals surface area contributed by atoms with Crippen LogP contribution in [0.25, 0.3) is 23.1 Å². The summed E-state index contributed by atoms with van der Waals surface area (Å²) >= 11 is 8.14. The molecule has 6 heteroatoms. The SMILES string of the molecule is CC(C)(OP)c1ccccc1CC[C@H](OI)c1cccc(/C=C/c2ccc3ccc(Cl)cc3n2)c1. The summed E-state index contributed by atoms with van der Waals surface area (Å²) in [6.07, 6.45) is 5.86. The number of halogens is 2. The van der Waals surface area contributed by atoms with Crippen LogP contribution in [0, 0.1) is 0 Å². The van der Waals surface area contributed by atoms with Crippen molar-refractivity contribution >= 4 is 67.1 Å². The smallest absolute Gasteiger partial charge is 0.110 e. The predicted molar refractivity (Wildman–Crippen MR) is 159 cm³/mol. The molecule has 0 saturated heterocycles. The summed E-state index contributed by atoms with van der Waals surface area (Å²) in [5.41, 5.74) is 6.14. The van der Waals surface area contributed by atoms with Crippen LogP contribution < -0.4 is 0 Å². The van der Waals surface area contributed by atoms with Gasteiger partial charge in [-0.25, -0.2) is 4.98 Å². The Hall–Kier alpha value is -1.82. The summed E-state index contributed by atoms with van der Waals surface area (Å²) < 4.78 is 11.5. The Bertz CT molecular complexity index is 1340. The highest BCUT2D eigenvalue weighted by atomic mass is 127. The highest BCUT2D eigenvalue weighted by Crippen LogP contribution is 2.33. The number of rotatable bonds is 9. The molecule has 1 aromatic heterocycles. The molecule has 4 rings (SSSR count). The van der Waals surface area contributed by atoms with Crippen LogP contribution >= 0.6 is 44.1 Å². The summed E-state index contributed by atoms with van der Waals surface area (Å²) in [4.78, 5) is 4.71. The van der Waals surface area contributed by atoms with Crippen LogP contribution in [-0.2, 0) is 19.6 Å². The van der Waals surface area contributed by atoms with E-state index in [1.807, 2.05) is 53.3 Å². The van der Waals surface area contributed by atoms with Gasteiger partial charge in [0.15, 0.2) is 0 Å². The normalized spacial score (nSPS) is 12.9. The number of benzene rings is 3. The topological polar surface area (TPSA) is 31.4 Å². The van der Waals surface area contributed by atoms with E-state index in [1.54, 1.807) is 0 Å². The first-order valence-electron chi connectivity index (χ1n) is 11.5. The lowest BCUT2D eigenvalue weighted by Crippen LogP contribution is -2.19. The molecule has 35 heavy (non-hydrogen) atoms. The first kappa shape index (κ1) is 26.2. The van der Waals surface area contributed by atoms with Crippen molar-refractivity contribution in [3.8, 4) is 0 Å². The predicted octanol–water partition coefficient (Wildman–Crippen LogP) is 9.14. The molecular weight excluding hydrogens is 588 g/mol. The number of hydrogen-bond acceptors (Lipinski definition) is 3. The van der Waals surface area contributed by atoms with Gasteiger partial charge in [-0.3, -0.25) is 0 Å². The monoisotopic (exact) mass is 615 g/mol. The fourth-order valence-electron chi connectivity index (χ4n) is 4.18. The molecule has 3 nitrogen and oxygen atoms in total. The van der Waals surface area contributed by atoms with E-state index in [-0.39, 0.29) is 11.7 Å². The third-order valence-electron chi connectivity index (χ3n) is 6.15. The van der Waals surface area contributed by atoms with E-state index in [9.17, 15) is 0 Å². The van der Waals surface area contributed by atoms with Gasteiger partial charge in [0.25, 0.3) is 0 Å². The zero-order valence-electron chi connectivity index (χ0n) is 19.7. The summed E-state index contributed by atoms with van der Waals surface area (Å²) in [5.74, 6) is 0. The Morgan fingerprint density at radius 3 is 2.60 bits per heavy atom. The fraction of sp³-hybridized carbons (Fsp3) is 0.207. The molecule has 1 heterocycles. The van der Waals surface area contributed by atoms with Gasteiger partial charge in [0, 0.05) is 19.9 Å². The van der Waals surface area contributed by atoms with E-state index in [2.05, 4.69) is 84.0 Å². The van der Waals surface area contributed by atoms with Crippen LogP contribution in [0.5, 0.6) is 0 Å². The minimum Gasteiger partial charge on any atom is -0.355 e. The Morgan fingerprint density at radius 2 is 1.80 bits per heavy atom. The van der Waals surface area contributed by atoms with Gasteiger partial charge >= 0.3 is 0 Å². The number of aromatic nitrogens is 1. The molecule has 4 aromatic rings. The van der Waals surface area contributed by atoms with Crippen LogP contribution in [0.2, 0.25) is 5.02 Å². The van der Waals surface area contributed by atoms with Gasteiger partial charge in [-0.15, -0.1) is 0 Å². The Labute approximate surface area is 228 Å². The molecule has 0 aliphatic heterocycles. The maximum absolute atomic E-state index is 6.13. The summed E-state index contributed by atoms with van der Waals surface area (Å²) in [7, 11) is 2.39. The van der Waals surface area contributed by atoms with Gasteiger partial charge in [0.05, 0.1) is 22.9 Å². The zero-order valence-corrected chi connectivity index (χ0v) is 23.8. The number of pyridine rings is 1. The molecule has 0 bridgehead atoms. The molecule has 0 saturated carbocycles. The third-order valence-corrected chi connectivity index (χ3v) is 7.59. The molecule has 0 fully saturated rings. The van der Waals surface area contributed by atoms with Crippen molar-refractivity contribution in [2.75, 3.05) is 0 Å². The van der Waals surface area contributed by atoms with E-state index in [4.69, 9.17) is 24.2 Å². The second-order valence-electron chi connectivity index (χ2n) is 8.98. The number of hydrogen-bond donors (Lipinski definition) is 0. The number of fused-ring (bicyclic) bond motifs is 1. The van der Waals surface area contributed by atoms with Crippen molar-refractivity contribution in [1.29, 1.82) is 0 Å². The molecule has 0 amide bonds. The average molecular weight is 616 g/mol. The first-order valence-corrected chi connectivity index (χ1v) is 13.2. The van der Waals surface area contributed by atoms with Crippen LogP contribution in [0.4, 0.5) is 0 Å². The standard InChI is InChI=1S/C29H28ClINO2P/c1-29(2,34-35)26-9-4-3-7-21(26)13-17-28(33-31)23-8-5-6-20(18-23)10-15-25-16-12-22-11-14-24(30)19-27(22)32-25/h3-12,14-16,18-19,28H,13,17,35H2,1-2H3/b15-10+/t28-/m0/s1. The molecular formula is C29H28ClINO2P. The van der Waals surface area contributed by atoms with Gasteiger partial charge in [0.1, 0.15) is 23.0 Å². The Balaban J connectivity index is 1.50. The highest BCUT2D eigenvalue weighted by Gasteiger charge is 2.23. The van der Waals surface area contributed by atoms with Gasteiger partial charge in [-0.05, 0) is 79.3 Å². The molecule has 3 aromatic carbocycles. The second-order valence-corrected chi connectivity index (χ2v) is 10.2. The van der Waals surface area contributed by atoms with Crippen molar-refractivity contribution in [2.24, 2.45) is 0 Å². The van der Waals surface area contributed by atoms with Gasteiger partial charge < -0.3 is 7.59 Å². The van der Waals surface area contributed by atoms with E-state index >= 15 is 0 Å². The maximum atomic E-state index is 6.13. The Kier molecular flexibility index (Phi) is 8.96. The summed E-state index contributed by atoms with van der Waals surface area (Å²) in [5, 5.41) is 1.76. The minimum absolute atomic E-state index is 0.0158. The van der Waals surface area contributed by atoms with Crippen molar-refractivity contribution in [3.05, 3.63) is 112 Å². The van der Waals surface area contributed by atoms with Crippen molar-refractivity contribution in [3.63, 3.8) is 0 Å². The molecule has 0 aliphatic rings. The lowest BCUT2D eigenvalue weighted by molar-refractivity contribution is 0.137. The van der Waals surface area contributed by atoms with Gasteiger partial charge in [0.2, 0.25) is 0 Å². The average Bonchev–Trinajstić information content (AvgIpc) is 2.88. The van der Waals surface area contributed by atoms with E-state index in [1.165, 1.54) is 11.1 Å². The zero-order chi connectivity index (χ0) is 24.8. The second kappa shape index (κ2) is 11.9. The van der Waals surface area contributed by atoms with E-state index < -0.39 is 0 Å². The van der Waals surface area contributed by atoms with Crippen molar-refractivity contribution < 1.29 is 7.59 Å². The van der Waals surface area contributed by atoms with Crippen molar-refractivity contribution in [1.82, 2.24) is 4.98 Å². The summed E-state index contributed by atoms with van der Waals surface area (Å²) in [6, 6.07) is 26.8. The Morgan fingerprint density at radius 1 is 1.00 bits per heavy atom. The molecule has 0 spiro atoms. The maximum Gasteiger partial charge on any atom is 0.110 e. The van der Waals surface area contributed by atoms with Crippen molar-refractivity contribution in [2.45, 2.75) is 38.4 Å². The van der Waals surface area contributed by atoms with Gasteiger partial charge in [-0.2, -0.15) is 0 Å². The van der Waals surface area contributed by atoms with E-state index in [0.29, 0.717) is 5.02 Å².